The number of carboxylic acid groups (broad SMARTS) is 1. The van der Waals surface area contributed by atoms with Gasteiger partial charge in [0.25, 0.3) is 10.1 Å². The summed E-state index contributed by atoms with van der Waals surface area (Å²) in [5.41, 5.74) is -2.49. The van der Waals surface area contributed by atoms with Crippen molar-refractivity contribution in [2.45, 2.75) is 75.0 Å². The summed E-state index contributed by atoms with van der Waals surface area (Å²) < 4.78 is 78.6. The van der Waals surface area contributed by atoms with Gasteiger partial charge in [0, 0.05) is 6.42 Å². The molecule has 1 heterocycles. The summed E-state index contributed by atoms with van der Waals surface area (Å²) >= 11 is 0. The molecule has 1 saturated heterocycles. The van der Waals surface area contributed by atoms with Gasteiger partial charge in [-0.1, -0.05) is 38.5 Å². The number of amides is 1. The van der Waals surface area contributed by atoms with Gasteiger partial charge in [0.2, 0.25) is 5.60 Å². The van der Waals surface area contributed by atoms with Crippen LogP contribution in [0.4, 0.5) is 18.0 Å². The third kappa shape index (κ3) is 5.46. The summed E-state index contributed by atoms with van der Waals surface area (Å²) in [4.78, 5) is 11.9. The summed E-state index contributed by atoms with van der Waals surface area (Å²) in [6.07, 6.45) is -7.62. The normalized spacial score (nSPS) is 22.9. The van der Waals surface area contributed by atoms with E-state index in [2.05, 4.69) is 0 Å². The monoisotopic (exact) mass is 497 g/mol. The van der Waals surface area contributed by atoms with Crippen LogP contribution in [0, 0.1) is 6.92 Å². The SMILES string of the molecule is Cc1ccc(S(=O)(=O)OC2(C(F)(F)F)CC(CO[Si](C)(C)C(C)(C)C)N(C(=O)O)C2)cc1. The Labute approximate surface area is 187 Å². The number of aryl methyl sites for hydroxylation is 1. The second kappa shape index (κ2) is 8.62. The van der Waals surface area contributed by atoms with Crippen molar-refractivity contribution >= 4 is 24.5 Å². The summed E-state index contributed by atoms with van der Waals surface area (Å²) in [7, 11) is -7.21. The summed E-state index contributed by atoms with van der Waals surface area (Å²) in [5.74, 6) is 0. The predicted molar refractivity (Wildman–Crippen MR) is 115 cm³/mol. The highest BCUT2D eigenvalue weighted by Gasteiger charge is 2.65. The van der Waals surface area contributed by atoms with Crippen LogP contribution in [-0.4, -0.2) is 63.8 Å². The van der Waals surface area contributed by atoms with Crippen molar-refractivity contribution in [3.63, 3.8) is 0 Å². The fourth-order valence-corrected chi connectivity index (χ4v) is 5.37. The van der Waals surface area contributed by atoms with E-state index in [0.717, 1.165) is 17.7 Å². The molecule has 2 unspecified atom stereocenters. The molecule has 1 fully saturated rings. The van der Waals surface area contributed by atoms with Gasteiger partial charge in [0.05, 0.1) is 24.1 Å². The highest BCUT2D eigenvalue weighted by molar-refractivity contribution is 7.86. The largest absolute Gasteiger partial charge is 0.465 e. The molecule has 2 rings (SSSR count). The van der Waals surface area contributed by atoms with Crippen molar-refractivity contribution in [2.24, 2.45) is 0 Å². The Kier molecular flexibility index (Phi) is 7.17. The molecule has 0 aliphatic carbocycles. The first-order chi connectivity index (χ1) is 14.3. The van der Waals surface area contributed by atoms with Gasteiger partial charge in [-0.05, 0) is 37.2 Å². The Bertz CT molecular complexity index is 944. The smallest absolute Gasteiger partial charge is 0.420 e. The summed E-state index contributed by atoms with van der Waals surface area (Å²) in [6, 6.07) is 3.96. The fourth-order valence-electron chi connectivity index (χ4n) is 3.13. The minimum Gasteiger partial charge on any atom is -0.465 e. The third-order valence-electron chi connectivity index (χ3n) is 6.22. The summed E-state index contributed by atoms with van der Waals surface area (Å²) in [6.45, 7) is 9.87. The van der Waals surface area contributed by atoms with Gasteiger partial charge in [-0.2, -0.15) is 21.6 Å². The molecule has 1 amide bonds. The Morgan fingerprint density at radius 2 is 1.75 bits per heavy atom. The number of rotatable bonds is 6. The van der Waals surface area contributed by atoms with Crippen LogP contribution in [0.15, 0.2) is 29.2 Å². The van der Waals surface area contributed by atoms with Crippen molar-refractivity contribution in [1.82, 2.24) is 4.90 Å². The van der Waals surface area contributed by atoms with Gasteiger partial charge in [0.1, 0.15) is 0 Å². The highest BCUT2D eigenvalue weighted by atomic mass is 32.2. The number of alkyl halides is 3. The van der Waals surface area contributed by atoms with Crippen molar-refractivity contribution in [3.8, 4) is 0 Å². The molecule has 0 bridgehead atoms. The van der Waals surface area contributed by atoms with Gasteiger partial charge in [0.15, 0.2) is 8.32 Å². The quantitative estimate of drug-likeness (QED) is 0.449. The molecule has 1 aliphatic rings. The van der Waals surface area contributed by atoms with E-state index in [4.69, 9.17) is 8.61 Å². The second-order valence-electron chi connectivity index (χ2n) is 9.68. The Morgan fingerprint density at radius 3 is 2.19 bits per heavy atom. The molecule has 2 atom stereocenters. The molecule has 0 aromatic heterocycles. The lowest BCUT2D eigenvalue weighted by Gasteiger charge is -2.37. The molecule has 12 heteroatoms. The van der Waals surface area contributed by atoms with E-state index in [9.17, 15) is 31.5 Å². The van der Waals surface area contributed by atoms with Crippen LogP contribution in [0.2, 0.25) is 18.1 Å². The zero-order chi connectivity index (χ0) is 24.8. The topological polar surface area (TPSA) is 93.1 Å². The number of nitrogens with zero attached hydrogens (tertiary/aromatic N) is 1. The molecule has 7 nitrogen and oxygen atoms in total. The first-order valence-corrected chi connectivity index (χ1v) is 14.4. The van der Waals surface area contributed by atoms with Gasteiger partial charge >= 0.3 is 12.3 Å². The van der Waals surface area contributed by atoms with Crippen LogP contribution in [0.1, 0.15) is 32.8 Å². The summed E-state index contributed by atoms with van der Waals surface area (Å²) in [5, 5.41) is 9.28. The van der Waals surface area contributed by atoms with E-state index in [1.807, 2.05) is 33.9 Å². The minimum absolute atomic E-state index is 0.244. The maximum atomic E-state index is 14.2. The van der Waals surface area contributed by atoms with E-state index in [1.165, 1.54) is 12.1 Å². The molecule has 182 valence electrons. The average molecular weight is 498 g/mol. The van der Waals surface area contributed by atoms with Gasteiger partial charge in [-0.15, -0.1) is 0 Å². The second-order valence-corrected chi connectivity index (χ2v) is 16.0. The third-order valence-corrected chi connectivity index (χ3v) is 12.1. The molecule has 1 N–H and O–H groups in total. The predicted octanol–water partition coefficient (Wildman–Crippen LogP) is 4.78. The van der Waals surface area contributed by atoms with Crippen molar-refractivity contribution in [3.05, 3.63) is 29.8 Å². The Balaban J connectivity index is 2.38. The van der Waals surface area contributed by atoms with E-state index >= 15 is 0 Å². The maximum absolute atomic E-state index is 14.2. The molecule has 0 spiro atoms. The lowest BCUT2D eigenvalue weighted by Crippen LogP contribution is -2.51. The molecule has 1 aliphatic heterocycles. The minimum atomic E-state index is -5.13. The Morgan fingerprint density at radius 1 is 1.22 bits per heavy atom. The van der Waals surface area contributed by atoms with E-state index in [0.29, 0.717) is 4.90 Å². The first-order valence-electron chi connectivity index (χ1n) is 10.0. The Hall–Kier alpha value is -1.63. The van der Waals surface area contributed by atoms with Gasteiger partial charge in [-0.25, -0.2) is 8.98 Å². The lowest BCUT2D eigenvalue weighted by molar-refractivity contribution is -0.241. The number of halogens is 3. The highest BCUT2D eigenvalue weighted by Crippen LogP contribution is 2.46. The fraction of sp³-hybridized carbons (Fsp3) is 0.650. The van der Waals surface area contributed by atoms with Crippen molar-refractivity contribution < 1.29 is 40.1 Å². The number of likely N-dealkylation sites (tertiary alicyclic amines) is 1. The van der Waals surface area contributed by atoms with Crippen LogP contribution < -0.4 is 0 Å². The number of carbonyl (C=O) groups is 1. The number of hydrogen-bond acceptors (Lipinski definition) is 5. The van der Waals surface area contributed by atoms with Gasteiger partial charge < -0.3 is 9.53 Å². The number of benzene rings is 1. The molecule has 1 aromatic carbocycles. The van der Waals surface area contributed by atoms with Crippen molar-refractivity contribution in [2.75, 3.05) is 13.2 Å². The molecule has 0 radical (unpaired) electrons. The molecule has 0 saturated carbocycles. The van der Waals surface area contributed by atoms with E-state index in [1.54, 1.807) is 6.92 Å². The number of hydrogen-bond donors (Lipinski definition) is 1. The first kappa shape index (κ1) is 26.6. The van der Waals surface area contributed by atoms with Crippen LogP contribution in [0.25, 0.3) is 0 Å². The average Bonchev–Trinajstić information content (AvgIpc) is 2.99. The van der Waals surface area contributed by atoms with E-state index < -0.39 is 60.2 Å². The van der Waals surface area contributed by atoms with Crippen LogP contribution in [-0.2, 0) is 18.7 Å². The van der Waals surface area contributed by atoms with E-state index in [-0.39, 0.29) is 11.6 Å². The lowest BCUT2D eigenvalue weighted by atomic mass is 10.0. The van der Waals surface area contributed by atoms with Crippen LogP contribution in [0.3, 0.4) is 0 Å². The standard InChI is InChI=1S/C20H30F3NO6SSi/c1-14-7-9-16(10-8-14)31(27,28)30-19(20(21,22)23)11-15(24(13-19)17(25)26)12-29-32(5,6)18(2,3)4/h7-10,15H,11-13H2,1-6H3,(H,25,26). The molecular weight excluding hydrogens is 467 g/mol. The zero-order valence-electron chi connectivity index (χ0n) is 19.0. The van der Waals surface area contributed by atoms with Crippen molar-refractivity contribution in [1.29, 1.82) is 0 Å². The molecular formula is C20H30F3NO6SSi. The zero-order valence-corrected chi connectivity index (χ0v) is 20.8. The molecule has 1 aromatic rings. The van der Waals surface area contributed by atoms with Crippen LogP contribution in [0.5, 0.6) is 0 Å². The maximum Gasteiger partial charge on any atom is 0.420 e. The molecule has 32 heavy (non-hydrogen) atoms. The van der Waals surface area contributed by atoms with Crippen LogP contribution >= 0.6 is 0 Å². The van der Waals surface area contributed by atoms with Gasteiger partial charge in [-0.3, -0.25) is 4.90 Å².